The van der Waals surface area contributed by atoms with Crippen molar-refractivity contribution in [3.63, 3.8) is 0 Å². The van der Waals surface area contributed by atoms with Gasteiger partial charge in [-0.3, -0.25) is 0 Å². The summed E-state index contributed by atoms with van der Waals surface area (Å²) in [7, 11) is 1.24. The third-order valence-corrected chi connectivity index (χ3v) is 3.29. The van der Waals surface area contributed by atoms with E-state index in [2.05, 4.69) is 5.32 Å². The Bertz CT molecular complexity index is 594. The molecule has 2 aromatic rings. The van der Waals surface area contributed by atoms with Crippen LogP contribution < -0.4 is 5.32 Å². The van der Waals surface area contributed by atoms with Gasteiger partial charge in [0.15, 0.2) is 0 Å². The smallest absolute Gasteiger partial charge is 0.326 e. The van der Waals surface area contributed by atoms with E-state index in [0.717, 1.165) is 0 Å². The molecule has 0 spiro atoms. The zero-order valence-electron chi connectivity index (χ0n) is 11.1. The molecular formula is C14H15F4NO. The molecule has 20 heavy (non-hydrogen) atoms. The van der Waals surface area contributed by atoms with Crippen LogP contribution >= 0.6 is 0 Å². The molecule has 0 radical (unpaired) electrons. The number of alkyl halides is 4. The largest absolute Gasteiger partial charge is 0.461 e. The number of nitrogens with one attached hydrogen (secondary N) is 1. The highest BCUT2D eigenvalue weighted by atomic mass is 19.3. The van der Waals surface area contributed by atoms with Crippen LogP contribution in [0, 0.1) is 0 Å². The molecule has 110 valence electrons. The number of aryl methyl sites for hydroxylation is 1. The molecule has 1 N–H and O–H groups in total. The summed E-state index contributed by atoms with van der Waals surface area (Å²) in [6, 6.07) is 4.80. The monoisotopic (exact) mass is 289 g/mol. The summed E-state index contributed by atoms with van der Waals surface area (Å²) in [5.74, 6) is -3.88. The second kappa shape index (κ2) is 5.44. The summed E-state index contributed by atoms with van der Waals surface area (Å²) < 4.78 is 58.3. The van der Waals surface area contributed by atoms with Crippen LogP contribution in [0.1, 0.15) is 24.3 Å². The average molecular weight is 289 g/mol. The van der Waals surface area contributed by atoms with E-state index in [0.29, 0.717) is 23.2 Å². The van der Waals surface area contributed by atoms with Gasteiger partial charge >= 0.3 is 12.3 Å². The number of hydrogen-bond acceptors (Lipinski definition) is 2. The van der Waals surface area contributed by atoms with Gasteiger partial charge in [-0.1, -0.05) is 25.1 Å². The van der Waals surface area contributed by atoms with Gasteiger partial charge < -0.3 is 9.73 Å². The van der Waals surface area contributed by atoms with Crippen molar-refractivity contribution in [3.05, 3.63) is 35.6 Å². The van der Waals surface area contributed by atoms with Crippen LogP contribution in [-0.4, -0.2) is 19.4 Å². The minimum absolute atomic E-state index is 0.107. The first-order valence-corrected chi connectivity index (χ1v) is 6.27. The predicted molar refractivity (Wildman–Crippen MR) is 68.3 cm³/mol. The lowest BCUT2D eigenvalue weighted by molar-refractivity contribution is -0.150. The number of fused-ring (bicyclic) bond motifs is 1. The third-order valence-electron chi connectivity index (χ3n) is 3.29. The first kappa shape index (κ1) is 14.8. The SMILES string of the molecule is CCc1oc2ccccc2c1C(NC)C(F)(F)C(F)F. The van der Waals surface area contributed by atoms with E-state index in [4.69, 9.17) is 4.42 Å². The molecule has 0 aliphatic heterocycles. The summed E-state index contributed by atoms with van der Waals surface area (Å²) in [4.78, 5) is 0. The van der Waals surface area contributed by atoms with E-state index in [1.165, 1.54) is 7.05 Å². The molecule has 0 saturated heterocycles. The minimum atomic E-state index is -4.18. The maximum atomic E-state index is 13.8. The molecule has 0 aliphatic rings. The molecule has 2 nitrogen and oxygen atoms in total. The molecule has 1 aromatic carbocycles. The number of rotatable bonds is 5. The van der Waals surface area contributed by atoms with E-state index in [1.807, 2.05) is 0 Å². The van der Waals surface area contributed by atoms with E-state index in [-0.39, 0.29) is 5.56 Å². The molecule has 0 amide bonds. The van der Waals surface area contributed by atoms with Crippen LogP contribution in [0.5, 0.6) is 0 Å². The average Bonchev–Trinajstić information content (AvgIpc) is 2.78. The zero-order valence-corrected chi connectivity index (χ0v) is 11.1. The highest BCUT2D eigenvalue weighted by molar-refractivity contribution is 5.83. The van der Waals surface area contributed by atoms with Crippen LogP contribution in [0.15, 0.2) is 28.7 Å². The number of benzene rings is 1. The van der Waals surface area contributed by atoms with Crippen molar-refractivity contribution in [2.45, 2.75) is 31.7 Å². The van der Waals surface area contributed by atoms with Gasteiger partial charge in [0.25, 0.3) is 0 Å². The second-order valence-corrected chi connectivity index (χ2v) is 4.49. The van der Waals surface area contributed by atoms with Crippen molar-refractivity contribution in [3.8, 4) is 0 Å². The summed E-state index contributed by atoms with van der Waals surface area (Å²) in [6.45, 7) is 1.73. The normalized spacial score (nSPS) is 14.2. The Kier molecular flexibility index (Phi) is 4.04. The van der Waals surface area contributed by atoms with Gasteiger partial charge in [0, 0.05) is 17.4 Å². The van der Waals surface area contributed by atoms with Crippen molar-refractivity contribution in [1.29, 1.82) is 0 Å². The molecule has 0 fully saturated rings. The fraction of sp³-hybridized carbons (Fsp3) is 0.429. The summed E-state index contributed by atoms with van der Waals surface area (Å²) in [5.41, 5.74) is 0.528. The first-order valence-electron chi connectivity index (χ1n) is 6.27. The summed E-state index contributed by atoms with van der Waals surface area (Å²) in [5, 5.41) is 2.74. The van der Waals surface area contributed by atoms with Gasteiger partial charge in [0.05, 0.1) is 0 Å². The lowest BCUT2D eigenvalue weighted by Gasteiger charge is -2.26. The maximum absolute atomic E-state index is 13.8. The highest BCUT2D eigenvalue weighted by Crippen LogP contribution is 2.41. The van der Waals surface area contributed by atoms with Crippen molar-refractivity contribution >= 4 is 11.0 Å². The standard InChI is InChI=1S/C14H15F4NO/c1-3-9-11(8-6-4-5-7-10(8)20-9)12(19-2)14(17,18)13(15)16/h4-7,12-13,19H,3H2,1-2H3. The van der Waals surface area contributed by atoms with E-state index in [1.54, 1.807) is 31.2 Å². The van der Waals surface area contributed by atoms with Crippen molar-refractivity contribution in [2.75, 3.05) is 7.05 Å². The quantitative estimate of drug-likeness (QED) is 0.836. The number of furan rings is 1. The molecule has 0 bridgehead atoms. The maximum Gasteiger partial charge on any atom is 0.326 e. The first-order chi connectivity index (χ1) is 9.43. The van der Waals surface area contributed by atoms with Crippen molar-refractivity contribution in [2.24, 2.45) is 0 Å². The van der Waals surface area contributed by atoms with Gasteiger partial charge in [-0.15, -0.1) is 0 Å². The molecule has 2 rings (SSSR count). The van der Waals surface area contributed by atoms with Crippen LogP contribution in [0.2, 0.25) is 0 Å². The Morgan fingerprint density at radius 3 is 2.45 bits per heavy atom. The lowest BCUT2D eigenvalue weighted by Crippen LogP contribution is -2.41. The van der Waals surface area contributed by atoms with Gasteiger partial charge in [-0.25, -0.2) is 8.78 Å². The molecular weight excluding hydrogens is 274 g/mol. The number of halogens is 4. The minimum Gasteiger partial charge on any atom is -0.461 e. The Morgan fingerprint density at radius 2 is 1.90 bits per heavy atom. The molecule has 0 aliphatic carbocycles. The molecule has 1 aromatic heterocycles. The summed E-state index contributed by atoms with van der Waals surface area (Å²) >= 11 is 0. The van der Waals surface area contributed by atoms with Crippen LogP contribution in [0.4, 0.5) is 17.6 Å². The fourth-order valence-corrected chi connectivity index (χ4v) is 2.35. The van der Waals surface area contributed by atoms with Crippen LogP contribution in [0.25, 0.3) is 11.0 Å². The van der Waals surface area contributed by atoms with E-state index in [9.17, 15) is 17.6 Å². The van der Waals surface area contributed by atoms with Crippen LogP contribution in [-0.2, 0) is 6.42 Å². The van der Waals surface area contributed by atoms with Crippen LogP contribution in [0.3, 0.4) is 0 Å². The fourth-order valence-electron chi connectivity index (χ4n) is 2.35. The Balaban J connectivity index is 2.65. The molecule has 6 heteroatoms. The molecule has 1 unspecified atom stereocenters. The van der Waals surface area contributed by atoms with E-state index < -0.39 is 18.4 Å². The predicted octanol–water partition coefficient (Wildman–Crippen LogP) is 4.16. The van der Waals surface area contributed by atoms with Crippen molar-refractivity contribution in [1.82, 2.24) is 5.32 Å². The topological polar surface area (TPSA) is 25.2 Å². The highest BCUT2D eigenvalue weighted by Gasteiger charge is 2.50. The van der Waals surface area contributed by atoms with Gasteiger partial charge in [0.2, 0.25) is 0 Å². The second-order valence-electron chi connectivity index (χ2n) is 4.49. The van der Waals surface area contributed by atoms with Gasteiger partial charge in [-0.05, 0) is 13.1 Å². The lowest BCUT2D eigenvalue weighted by atomic mass is 9.96. The Morgan fingerprint density at radius 1 is 1.25 bits per heavy atom. The molecule has 1 heterocycles. The molecule has 1 atom stereocenters. The van der Waals surface area contributed by atoms with Gasteiger partial charge in [0.1, 0.15) is 17.4 Å². The Hall–Kier alpha value is -1.56. The number of hydrogen-bond donors (Lipinski definition) is 1. The molecule has 0 saturated carbocycles. The number of para-hydroxylation sites is 1. The summed E-state index contributed by atoms with van der Waals surface area (Å²) in [6.07, 6.45) is -3.40. The third kappa shape index (κ3) is 2.28. The zero-order chi connectivity index (χ0) is 14.9. The Labute approximate surface area is 113 Å². The van der Waals surface area contributed by atoms with E-state index >= 15 is 0 Å². The van der Waals surface area contributed by atoms with Gasteiger partial charge in [-0.2, -0.15) is 8.78 Å². The van der Waals surface area contributed by atoms with Crippen molar-refractivity contribution < 1.29 is 22.0 Å².